The number of carbonyl (C=O) groups is 3. The maximum Gasteiger partial charge on any atom is 0.410 e. The van der Waals surface area contributed by atoms with Crippen LogP contribution in [0.15, 0.2) is 0 Å². The summed E-state index contributed by atoms with van der Waals surface area (Å²) >= 11 is 0. The van der Waals surface area contributed by atoms with Gasteiger partial charge in [0.1, 0.15) is 13.1 Å². The molecule has 0 aromatic heterocycles. The van der Waals surface area contributed by atoms with Gasteiger partial charge in [-0.3, -0.25) is 14.5 Å². The van der Waals surface area contributed by atoms with Crippen LogP contribution in [0, 0.1) is 0 Å². The van der Waals surface area contributed by atoms with Gasteiger partial charge in [0.15, 0.2) is 0 Å². The van der Waals surface area contributed by atoms with Crippen molar-refractivity contribution in [3.05, 3.63) is 0 Å². The van der Waals surface area contributed by atoms with E-state index >= 15 is 0 Å². The first-order valence-corrected chi connectivity index (χ1v) is 5.41. The number of hydrogen-bond acceptors (Lipinski definition) is 4. The molecule has 0 atom stereocenters. The van der Waals surface area contributed by atoms with Gasteiger partial charge in [-0.2, -0.15) is 0 Å². The van der Waals surface area contributed by atoms with Gasteiger partial charge in [0.05, 0.1) is 7.11 Å². The largest absolute Gasteiger partial charge is 0.480 e. The van der Waals surface area contributed by atoms with E-state index in [9.17, 15) is 14.4 Å². The maximum absolute atomic E-state index is 11.8. The van der Waals surface area contributed by atoms with E-state index in [0.29, 0.717) is 0 Å². The highest BCUT2D eigenvalue weighted by Crippen LogP contribution is 2.14. The van der Waals surface area contributed by atoms with Crippen molar-refractivity contribution in [2.75, 3.05) is 27.2 Å². The molecule has 7 heteroatoms. The van der Waals surface area contributed by atoms with Crippen LogP contribution in [0.4, 0.5) is 4.79 Å². The first-order valence-electron chi connectivity index (χ1n) is 5.41. The van der Waals surface area contributed by atoms with Crippen LogP contribution in [0.1, 0.15) is 20.8 Å². The van der Waals surface area contributed by atoms with E-state index in [1.54, 1.807) is 20.8 Å². The first kappa shape index (κ1) is 16.2. The Kier molecular flexibility index (Phi) is 5.61. The number of rotatable bonds is 4. The van der Waals surface area contributed by atoms with Gasteiger partial charge in [-0.1, -0.05) is 0 Å². The molecule has 0 aliphatic heterocycles. The fourth-order valence-electron chi connectivity index (χ4n) is 1.23. The number of aliphatic carboxylic acids is 1. The van der Waals surface area contributed by atoms with E-state index < -0.39 is 30.1 Å². The Morgan fingerprint density at radius 2 is 1.67 bits per heavy atom. The Labute approximate surface area is 106 Å². The Morgan fingerprint density at radius 3 is 2.00 bits per heavy atom. The lowest BCUT2D eigenvalue weighted by molar-refractivity contribution is -0.144. The summed E-state index contributed by atoms with van der Waals surface area (Å²) < 4.78 is 4.60. The number of carbonyl (C=O) groups excluding carboxylic acids is 2. The number of methoxy groups -OCH3 is 1. The van der Waals surface area contributed by atoms with Crippen molar-refractivity contribution >= 4 is 18.0 Å². The molecule has 0 saturated heterocycles. The molecule has 1 N–H and O–H groups in total. The van der Waals surface area contributed by atoms with Crippen LogP contribution < -0.4 is 0 Å². The van der Waals surface area contributed by atoms with Gasteiger partial charge in [-0.25, -0.2) is 4.79 Å². The summed E-state index contributed by atoms with van der Waals surface area (Å²) in [6.45, 7) is 4.65. The smallest absolute Gasteiger partial charge is 0.410 e. The SMILES string of the molecule is COC(=O)N(CC(=O)N(C)CC(=O)O)C(C)(C)C. The molecule has 0 radical (unpaired) electrons. The van der Waals surface area contributed by atoms with Crippen molar-refractivity contribution in [1.29, 1.82) is 0 Å². The molecule has 0 aliphatic carbocycles. The molecule has 0 spiro atoms. The zero-order valence-corrected chi connectivity index (χ0v) is 11.4. The summed E-state index contributed by atoms with van der Waals surface area (Å²) in [5.74, 6) is -1.57. The maximum atomic E-state index is 11.8. The molecule has 0 rings (SSSR count). The van der Waals surface area contributed by atoms with E-state index in [0.717, 1.165) is 4.90 Å². The number of likely N-dealkylation sites (N-methyl/N-ethyl adjacent to an activating group) is 1. The molecule has 0 fully saturated rings. The molecule has 0 heterocycles. The summed E-state index contributed by atoms with van der Waals surface area (Å²) in [5.41, 5.74) is -0.590. The lowest BCUT2D eigenvalue weighted by atomic mass is 10.1. The summed E-state index contributed by atoms with van der Waals surface area (Å²) in [6.07, 6.45) is -0.625. The fraction of sp³-hybridized carbons (Fsp3) is 0.727. The Morgan fingerprint density at radius 1 is 1.17 bits per heavy atom. The number of hydrogen-bond donors (Lipinski definition) is 1. The van der Waals surface area contributed by atoms with E-state index in [1.807, 2.05) is 0 Å². The van der Waals surface area contributed by atoms with Crippen molar-refractivity contribution < 1.29 is 24.2 Å². The molecule has 18 heavy (non-hydrogen) atoms. The number of amides is 2. The van der Waals surface area contributed by atoms with Crippen LogP contribution in [0.2, 0.25) is 0 Å². The summed E-state index contributed by atoms with van der Waals surface area (Å²) in [7, 11) is 2.60. The van der Waals surface area contributed by atoms with Crippen LogP contribution in [0.25, 0.3) is 0 Å². The van der Waals surface area contributed by atoms with Crippen LogP contribution in [0.3, 0.4) is 0 Å². The minimum Gasteiger partial charge on any atom is -0.480 e. The highest BCUT2D eigenvalue weighted by molar-refractivity contribution is 5.85. The molecule has 0 aliphatic rings. The van der Waals surface area contributed by atoms with Gasteiger partial charge in [-0.05, 0) is 20.8 Å². The predicted molar refractivity (Wildman–Crippen MR) is 64.1 cm³/mol. The molecular weight excluding hydrogens is 240 g/mol. The minimum atomic E-state index is -1.11. The lowest BCUT2D eigenvalue weighted by Crippen LogP contribution is -2.51. The predicted octanol–water partition coefficient (Wildman–Crippen LogP) is 0.396. The molecule has 0 saturated carbocycles. The third kappa shape index (κ3) is 5.03. The summed E-state index contributed by atoms with van der Waals surface area (Å²) in [4.78, 5) is 36.1. The zero-order valence-electron chi connectivity index (χ0n) is 11.4. The van der Waals surface area contributed by atoms with Crippen molar-refractivity contribution in [1.82, 2.24) is 9.80 Å². The number of nitrogens with zero attached hydrogens (tertiary/aromatic N) is 2. The third-order valence-electron chi connectivity index (χ3n) is 2.30. The van der Waals surface area contributed by atoms with Gasteiger partial charge < -0.3 is 14.7 Å². The van der Waals surface area contributed by atoms with Crippen LogP contribution in [-0.2, 0) is 14.3 Å². The summed E-state index contributed by atoms with van der Waals surface area (Å²) in [5, 5.41) is 8.58. The fourth-order valence-corrected chi connectivity index (χ4v) is 1.23. The molecule has 0 bridgehead atoms. The number of ether oxygens (including phenoxy) is 1. The second-order valence-electron chi connectivity index (χ2n) is 4.87. The topological polar surface area (TPSA) is 87.2 Å². The van der Waals surface area contributed by atoms with Gasteiger partial charge in [0.2, 0.25) is 5.91 Å². The first-order chi connectivity index (χ1) is 8.09. The van der Waals surface area contributed by atoms with Crippen molar-refractivity contribution in [2.24, 2.45) is 0 Å². The van der Waals surface area contributed by atoms with Crippen molar-refractivity contribution in [3.8, 4) is 0 Å². The monoisotopic (exact) mass is 260 g/mol. The Balaban J connectivity index is 4.74. The number of carboxylic acids is 1. The molecule has 2 amide bonds. The van der Waals surface area contributed by atoms with Crippen LogP contribution >= 0.6 is 0 Å². The van der Waals surface area contributed by atoms with E-state index in [2.05, 4.69) is 4.74 Å². The standard InChI is InChI=1S/C11H20N2O5/c1-11(2,3)13(10(17)18-5)6-8(14)12(4)7-9(15)16/h6-7H2,1-5H3,(H,15,16). The van der Waals surface area contributed by atoms with E-state index in [1.165, 1.54) is 19.1 Å². The van der Waals surface area contributed by atoms with E-state index in [-0.39, 0.29) is 6.54 Å². The van der Waals surface area contributed by atoms with Crippen molar-refractivity contribution in [3.63, 3.8) is 0 Å². The van der Waals surface area contributed by atoms with E-state index in [4.69, 9.17) is 5.11 Å². The highest BCUT2D eigenvalue weighted by atomic mass is 16.5. The minimum absolute atomic E-state index is 0.222. The quantitative estimate of drug-likeness (QED) is 0.790. The molecule has 0 aromatic carbocycles. The zero-order chi connectivity index (χ0) is 14.5. The van der Waals surface area contributed by atoms with Crippen LogP contribution in [0.5, 0.6) is 0 Å². The molecular formula is C11H20N2O5. The molecule has 7 nitrogen and oxygen atoms in total. The average molecular weight is 260 g/mol. The summed E-state index contributed by atoms with van der Waals surface area (Å²) in [6, 6.07) is 0. The second kappa shape index (κ2) is 6.23. The second-order valence-corrected chi connectivity index (χ2v) is 4.87. The Bertz CT molecular complexity index is 335. The Hall–Kier alpha value is -1.79. The molecule has 104 valence electrons. The molecule has 0 unspecified atom stereocenters. The molecule has 0 aromatic rings. The van der Waals surface area contributed by atoms with Crippen molar-refractivity contribution in [2.45, 2.75) is 26.3 Å². The third-order valence-corrected chi connectivity index (χ3v) is 2.30. The average Bonchev–Trinajstić information content (AvgIpc) is 2.21. The lowest BCUT2D eigenvalue weighted by Gasteiger charge is -2.34. The van der Waals surface area contributed by atoms with Gasteiger partial charge in [-0.15, -0.1) is 0 Å². The van der Waals surface area contributed by atoms with Gasteiger partial charge in [0, 0.05) is 12.6 Å². The van der Waals surface area contributed by atoms with Gasteiger partial charge in [0.25, 0.3) is 0 Å². The normalized spacial score (nSPS) is 10.7. The van der Waals surface area contributed by atoms with Gasteiger partial charge >= 0.3 is 12.1 Å². The highest BCUT2D eigenvalue weighted by Gasteiger charge is 2.30. The number of carboxylic acid groups (broad SMARTS) is 1. The van der Waals surface area contributed by atoms with Crippen LogP contribution in [-0.4, -0.2) is 65.7 Å².